The molecule has 0 unspecified atom stereocenters. The summed E-state index contributed by atoms with van der Waals surface area (Å²) >= 11 is 0. The van der Waals surface area contributed by atoms with Gasteiger partial charge in [0.05, 0.1) is 12.0 Å². The molecule has 1 aliphatic rings. The van der Waals surface area contributed by atoms with E-state index < -0.39 is 27.9 Å². The maximum Gasteiger partial charge on any atom is 0.267 e. The molecule has 2 amide bonds. The summed E-state index contributed by atoms with van der Waals surface area (Å²) in [6.07, 6.45) is 0.142. The lowest BCUT2D eigenvalue weighted by molar-refractivity contribution is -0.128. The maximum absolute atomic E-state index is 13.2. The molecule has 1 N–H and O–H groups in total. The number of hydrogen-bond donors (Lipinski definition) is 1. The van der Waals surface area contributed by atoms with Gasteiger partial charge in [0.15, 0.2) is 0 Å². The number of benzene rings is 2. The fraction of sp³-hybridized carbons (Fsp3) is 0.333. The zero-order valence-electron chi connectivity index (χ0n) is 16.9. The summed E-state index contributed by atoms with van der Waals surface area (Å²) < 4.78 is 32.2. The SMILES string of the molecule is COc1ccc(S(=O)(=O)N2C(=O)CC[C@@H]2C(=O)Nc2cccc(C)c2C)cc1C. The van der Waals surface area contributed by atoms with E-state index in [9.17, 15) is 18.0 Å². The summed E-state index contributed by atoms with van der Waals surface area (Å²) in [6, 6.07) is 8.76. The molecule has 29 heavy (non-hydrogen) atoms. The number of hydrogen-bond acceptors (Lipinski definition) is 5. The number of sulfonamides is 1. The molecule has 0 saturated carbocycles. The van der Waals surface area contributed by atoms with Crippen molar-refractivity contribution < 1.29 is 22.7 Å². The highest BCUT2D eigenvalue weighted by atomic mass is 32.2. The lowest BCUT2D eigenvalue weighted by atomic mass is 10.1. The minimum atomic E-state index is -4.17. The largest absolute Gasteiger partial charge is 0.496 e. The molecule has 1 fully saturated rings. The van der Waals surface area contributed by atoms with Crippen LogP contribution in [0, 0.1) is 20.8 Å². The van der Waals surface area contributed by atoms with Gasteiger partial charge in [-0.15, -0.1) is 0 Å². The Balaban J connectivity index is 1.92. The predicted molar refractivity (Wildman–Crippen MR) is 109 cm³/mol. The van der Waals surface area contributed by atoms with Gasteiger partial charge in [-0.25, -0.2) is 12.7 Å². The first-order valence-corrected chi connectivity index (χ1v) is 10.7. The van der Waals surface area contributed by atoms with E-state index in [-0.39, 0.29) is 17.7 Å². The van der Waals surface area contributed by atoms with Crippen LogP contribution in [-0.2, 0) is 19.6 Å². The van der Waals surface area contributed by atoms with Gasteiger partial charge in [0, 0.05) is 12.1 Å². The van der Waals surface area contributed by atoms with E-state index >= 15 is 0 Å². The number of ether oxygens (including phenoxy) is 1. The summed E-state index contributed by atoms with van der Waals surface area (Å²) in [7, 11) is -2.68. The number of carbonyl (C=O) groups excluding carboxylic acids is 2. The molecule has 3 rings (SSSR count). The molecule has 154 valence electrons. The molecule has 1 saturated heterocycles. The third kappa shape index (κ3) is 3.85. The highest BCUT2D eigenvalue weighted by Crippen LogP contribution is 2.30. The van der Waals surface area contributed by atoms with Crippen molar-refractivity contribution in [1.29, 1.82) is 0 Å². The number of aryl methyl sites for hydroxylation is 2. The molecule has 1 aliphatic heterocycles. The monoisotopic (exact) mass is 416 g/mol. The quantitative estimate of drug-likeness (QED) is 0.809. The molecule has 0 radical (unpaired) electrons. The molecule has 0 aliphatic carbocycles. The van der Waals surface area contributed by atoms with Gasteiger partial charge in [-0.3, -0.25) is 9.59 Å². The third-order valence-corrected chi connectivity index (χ3v) is 7.07. The van der Waals surface area contributed by atoms with Crippen LogP contribution in [0.4, 0.5) is 5.69 Å². The Hall–Kier alpha value is -2.87. The second-order valence-corrected chi connectivity index (χ2v) is 8.93. The highest BCUT2D eigenvalue weighted by Gasteiger charge is 2.44. The van der Waals surface area contributed by atoms with E-state index in [4.69, 9.17) is 4.74 Å². The average molecular weight is 416 g/mol. The Labute approximate surface area is 170 Å². The normalized spacial score (nSPS) is 16.8. The maximum atomic E-state index is 13.2. The topological polar surface area (TPSA) is 92.8 Å². The standard InChI is InChI=1S/C21H24N2O5S/c1-13-6-5-7-17(15(13)3)22-21(25)18-9-11-20(24)23(18)29(26,27)16-8-10-19(28-4)14(2)12-16/h5-8,10,12,18H,9,11H2,1-4H3,(H,22,25)/t18-/m1/s1. The van der Waals surface area contributed by atoms with Gasteiger partial charge >= 0.3 is 0 Å². The van der Waals surface area contributed by atoms with Crippen LogP contribution < -0.4 is 10.1 Å². The first kappa shape index (κ1) is 20.9. The Morgan fingerprint density at radius 3 is 2.52 bits per heavy atom. The van der Waals surface area contributed by atoms with E-state index in [0.717, 1.165) is 11.1 Å². The van der Waals surface area contributed by atoms with Crippen molar-refractivity contribution >= 4 is 27.5 Å². The van der Waals surface area contributed by atoms with Crippen molar-refractivity contribution in [2.45, 2.75) is 44.6 Å². The molecule has 0 aromatic heterocycles. The van der Waals surface area contributed by atoms with E-state index in [1.54, 1.807) is 13.0 Å². The number of nitrogens with one attached hydrogen (secondary N) is 1. The molecular formula is C21H24N2O5S. The van der Waals surface area contributed by atoms with Gasteiger partial charge in [-0.2, -0.15) is 0 Å². The summed E-state index contributed by atoms with van der Waals surface area (Å²) in [4.78, 5) is 25.3. The van der Waals surface area contributed by atoms with Crippen LogP contribution in [-0.4, -0.2) is 37.7 Å². The molecule has 7 nitrogen and oxygen atoms in total. The Morgan fingerprint density at radius 2 is 1.86 bits per heavy atom. The second kappa shape index (κ2) is 7.87. The lowest BCUT2D eigenvalue weighted by Crippen LogP contribution is -2.45. The Kier molecular flexibility index (Phi) is 5.66. The number of anilines is 1. The van der Waals surface area contributed by atoms with Crippen molar-refractivity contribution in [3.63, 3.8) is 0 Å². The number of nitrogens with zero attached hydrogens (tertiary/aromatic N) is 1. The Bertz CT molecular complexity index is 1080. The van der Waals surface area contributed by atoms with Gasteiger partial charge in [0.2, 0.25) is 11.8 Å². The first-order valence-electron chi connectivity index (χ1n) is 9.25. The molecule has 1 atom stereocenters. The summed E-state index contributed by atoms with van der Waals surface area (Å²) in [5.74, 6) is -0.557. The van der Waals surface area contributed by atoms with Gasteiger partial charge in [0.25, 0.3) is 10.0 Å². The minimum Gasteiger partial charge on any atom is -0.496 e. The zero-order valence-corrected chi connectivity index (χ0v) is 17.7. The van der Waals surface area contributed by atoms with Gasteiger partial charge in [0.1, 0.15) is 11.8 Å². The molecule has 2 aromatic carbocycles. The van der Waals surface area contributed by atoms with E-state index in [1.165, 1.54) is 25.3 Å². The smallest absolute Gasteiger partial charge is 0.267 e. The van der Waals surface area contributed by atoms with Crippen molar-refractivity contribution in [3.8, 4) is 5.75 Å². The third-order valence-electron chi connectivity index (χ3n) is 5.25. The van der Waals surface area contributed by atoms with Crippen LogP contribution in [0.25, 0.3) is 0 Å². The number of amides is 2. The first-order chi connectivity index (χ1) is 13.7. The van der Waals surface area contributed by atoms with E-state index in [0.29, 0.717) is 21.3 Å². The van der Waals surface area contributed by atoms with Crippen LogP contribution in [0.15, 0.2) is 41.3 Å². The fourth-order valence-corrected chi connectivity index (χ4v) is 5.12. The molecule has 8 heteroatoms. The highest BCUT2D eigenvalue weighted by molar-refractivity contribution is 7.89. The number of methoxy groups -OCH3 is 1. The van der Waals surface area contributed by atoms with E-state index in [2.05, 4.69) is 5.32 Å². The van der Waals surface area contributed by atoms with Crippen molar-refractivity contribution in [1.82, 2.24) is 4.31 Å². The minimum absolute atomic E-state index is 0.000741. The Morgan fingerprint density at radius 1 is 1.14 bits per heavy atom. The fourth-order valence-electron chi connectivity index (χ4n) is 3.43. The molecule has 0 bridgehead atoms. The second-order valence-electron chi connectivity index (χ2n) is 7.12. The van der Waals surface area contributed by atoms with Gasteiger partial charge in [-0.1, -0.05) is 12.1 Å². The molecule has 2 aromatic rings. The summed E-state index contributed by atoms with van der Waals surface area (Å²) in [6.45, 7) is 5.51. The van der Waals surface area contributed by atoms with Crippen molar-refractivity contribution in [3.05, 3.63) is 53.1 Å². The van der Waals surface area contributed by atoms with Crippen LogP contribution in [0.5, 0.6) is 5.75 Å². The van der Waals surface area contributed by atoms with Crippen molar-refractivity contribution in [2.24, 2.45) is 0 Å². The molecule has 0 spiro atoms. The van der Waals surface area contributed by atoms with Crippen LogP contribution in [0.1, 0.15) is 29.5 Å². The zero-order chi connectivity index (χ0) is 21.3. The van der Waals surface area contributed by atoms with Crippen LogP contribution >= 0.6 is 0 Å². The van der Waals surface area contributed by atoms with Crippen molar-refractivity contribution in [2.75, 3.05) is 12.4 Å². The van der Waals surface area contributed by atoms with Gasteiger partial charge < -0.3 is 10.1 Å². The molecule has 1 heterocycles. The van der Waals surface area contributed by atoms with Crippen LogP contribution in [0.3, 0.4) is 0 Å². The predicted octanol–water partition coefficient (Wildman–Crippen LogP) is 2.94. The average Bonchev–Trinajstić information content (AvgIpc) is 3.07. The van der Waals surface area contributed by atoms with E-state index in [1.807, 2.05) is 26.0 Å². The van der Waals surface area contributed by atoms with Crippen LogP contribution in [0.2, 0.25) is 0 Å². The lowest BCUT2D eigenvalue weighted by Gasteiger charge is -2.24. The molecular weight excluding hydrogens is 392 g/mol. The number of rotatable bonds is 5. The summed E-state index contributed by atoms with van der Waals surface area (Å²) in [5, 5.41) is 2.78. The summed E-state index contributed by atoms with van der Waals surface area (Å²) in [5.41, 5.74) is 3.12. The van der Waals surface area contributed by atoms with Gasteiger partial charge in [-0.05, 0) is 68.1 Å². The number of carbonyl (C=O) groups is 2.